The van der Waals surface area contributed by atoms with Crippen molar-refractivity contribution in [1.29, 1.82) is 0 Å². The van der Waals surface area contributed by atoms with Gasteiger partial charge in [-0.2, -0.15) is 0 Å². The van der Waals surface area contributed by atoms with Crippen LogP contribution in [0.15, 0.2) is 63.7 Å². The van der Waals surface area contributed by atoms with Gasteiger partial charge < -0.3 is 4.74 Å². The van der Waals surface area contributed by atoms with Crippen LogP contribution in [0.5, 0.6) is 0 Å². The van der Waals surface area contributed by atoms with Gasteiger partial charge in [0, 0.05) is 10.9 Å². The quantitative estimate of drug-likeness (QED) is 0.610. The van der Waals surface area contributed by atoms with E-state index in [1.807, 2.05) is 24.3 Å². The van der Waals surface area contributed by atoms with E-state index in [2.05, 4.69) is 20.9 Å². The maximum absolute atomic E-state index is 12.9. The highest BCUT2D eigenvalue weighted by Gasteiger charge is 2.23. The summed E-state index contributed by atoms with van der Waals surface area (Å²) < 4.78 is 18.9. The third-order valence-electron chi connectivity index (χ3n) is 3.13. The van der Waals surface area contributed by atoms with Crippen LogP contribution >= 0.6 is 15.9 Å². The molecule has 0 saturated heterocycles. The van der Waals surface area contributed by atoms with E-state index >= 15 is 0 Å². The Morgan fingerprint density at radius 2 is 1.86 bits per heavy atom. The Morgan fingerprint density at radius 3 is 2.59 bits per heavy atom. The Labute approximate surface area is 135 Å². The molecule has 110 valence electrons. The number of carbonyl (C=O) groups excluding carboxylic acids is 1. The second-order valence-corrected chi connectivity index (χ2v) is 5.60. The largest absolute Gasteiger partial charge is 0.406 e. The maximum Gasteiger partial charge on any atom is 0.363 e. The smallest absolute Gasteiger partial charge is 0.363 e. The molecule has 0 unspecified atom stereocenters. The van der Waals surface area contributed by atoms with Crippen LogP contribution in [0.1, 0.15) is 11.1 Å². The molecule has 0 saturated carbocycles. The Kier molecular flexibility index (Phi) is 4.15. The lowest BCUT2D eigenvalue weighted by Gasteiger charge is -1.99. The molecule has 0 fully saturated rings. The van der Waals surface area contributed by atoms with Gasteiger partial charge in [-0.15, -0.1) is 0 Å². The number of halogens is 2. The van der Waals surface area contributed by atoms with Crippen molar-refractivity contribution in [3.8, 4) is 0 Å². The van der Waals surface area contributed by atoms with Gasteiger partial charge in [0.05, 0.1) is 0 Å². The maximum atomic E-state index is 12.9. The van der Waals surface area contributed by atoms with E-state index in [1.54, 1.807) is 18.2 Å². The van der Waals surface area contributed by atoms with Crippen molar-refractivity contribution in [3.63, 3.8) is 0 Å². The Balaban J connectivity index is 1.82. The van der Waals surface area contributed by atoms with E-state index < -0.39 is 5.97 Å². The average Bonchev–Trinajstić information content (AvgIpc) is 2.84. The summed E-state index contributed by atoms with van der Waals surface area (Å²) in [5.74, 6) is -0.466. The summed E-state index contributed by atoms with van der Waals surface area (Å²) in [6.45, 7) is 0. The molecule has 0 bridgehead atoms. The van der Waals surface area contributed by atoms with Crippen LogP contribution in [0.3, 0.4) is 0 Å². The predicted octanol–water partition coefficient (Wildman–Crippen LogP) is 4.13. The standard InChI is InChI=1S/C17H11BrFNO2/c18-14-4-2-1-3-12(14)10-15-17(21)22-16(20-15)9-11-5-7-13(19)8-6-11/h1-8,10H,9H2/b15-10-. The molecular formula is C17H11BrFNO2. The topological polar surface area (TPSA) is 38.7 Å². The molecule has 0 aromatic heterocycles. The van der Waals surface area contributed by atoms with Gasteiger partial charge in [0.25, 0.3) is 0 Å². The summed E-state index contributed by atoms with van der Waals surface area (Å²) in [5, 5.41) is 0. The molecule has 0 N–H and O–H groups in total. The molecule has 0 radical (unpaired) electrons. The van der Waals surface area contributed by atoms with Crippen molar-refractivity contribution >= 4 is 33.9 Å². The first-order chi connectivity index (χ1) is 10.6. The number of rotatable bonds is 3. The zero-order valence-electron chi connectivity index (χ0n) is 11.4. The lowest BCUT2D eigenvalue weighted by Crippen LogP contribution is -2.06. The monoisotopic (exact) mass is 359 g/mol. The van der Waals surface area contributed by atoms with E-state index in [1.165, 1.54) is 12.1 Å². The van der Waals surface area contributed by atoms with Crippen LogP contribution in [0.25, 0.3) is 6.08 Å². The van der Waals surface area contributed by atoms with Crippen LogP contribution in [-0.4, -0.2) is 11.9 Å². The first-order valence-corrected chi connectivity index (χ1v) is 7.41. The lowest BCUT2D eigenvalue weighted by molar-refractivity contribution is -0.130. The molecule has 2 aromatic rings. The summed E-state index contributed by atoms with van der Waals surface area (Å²) in [7, 11) is 0. The fraction of sp³-hybridized carbons (Fsp3) is 0.0588. The first-order valence-electron chi connectivity index (χ1n) is 6.62. The van der Waals surface area contributed by atoms with Gasteiger partial charge in [-0.1, -0.05) is 46.3 Å². The molecule has 0 amide bonds. The van der Waals surface area contributed by atoms with Gasteiger partial charge in [-0.25, -0.2) is 14.2 Å². The van der Waals surface area contributed by atoms with E-state index in [9.17, 15) is 9.18 Å². The second kappa shape index (κ2) is 6.23. The highest BCUT2D eigenvalue weighted by Crippen LogP contribution is 2.22. The molecule has 5 heteroatoms. The van der Waals surface area contributed by atoms with E-state index in [0.29, 0.717) is 12.3 Å². The van der Waals surface area contributed by atoms with Crippen LogP contribution in [-0.2, 0) is 16.0 Å². The minimum Gasteiger partial charge on any atom is -0.406 e. The van der Waals surface area contributed by atoms with Gasteiger partial charge in [0.2, 0.25) is 5.90 Å². The van der Waals surface area contributed by atoms with Crippen molar-refractivity contribution < 1.29 is 13.9 Å². The van der Waals surface area contributed by atoms with Crippen molar-refractivity contribution in [2.45, 2.75) is 6.42 Å². The number of cyclic esters (lactones) is 1. The minimum atomic E-state index is -0.479. The molecule has 2 aromatic carbocycles. The first kappa shape index (κ1) is 14.7. The Morgan fingerprint density at radius 1 is 1.14 bits per heavy atom. The fourth-order valence-corrected chi connectivity index (χ4v) is 2.44. The van der Waals surface area contributed by atoms with Gasteiger partial charge >= 0.3 is 5.97 Å². The van der Waals surface area contributed by atoms with Crippen molar-refractivity contribution in [2.24, 2.45) is 4.99 Å². The van der Waals surface area contributed by atoms with Gasteiger partial charge in [-0.3, -0.25) is 0 Å². The predicted molar refractivity (Wildman–Crippen MR) is 85.8 cm³/mol. The van der Waals surface area contributed by atoms with Crippen LogP contribution in [0.2, 0.25) is 0 Å². The van der Waals surface area contributed by atoms with Gasteiger partial charge in [0.1, 0.15) is 5.82 Å². The third kappa shape index (κ3) is 3.31. The summed E-state index contributed by atoms with van der Waals surface area (Å²) in [5.41, 5.74) is 1.93. The third-order valence-corrected chi connectivity index (χ3v) is 3.85. The average molecular weight is 360 g/mol. The number of ether oxygens (including phenoxy) is 1. The second-order valence-electron chi connectivity index (χ2n) is 4.75. The van der Waals surface area contributed by atoms with E-state index in [0.717, 1.165) is 15.6 Å². The summed E-state index contributed by atoms with van der Waals surface area (Å²) in [6.07, 6.45) is 2.02. The molecule has 22 heavy (non-hydrogen) atoms. The SMILES string of the molecule is O=C1OC(Cc2ccc(F)cc2)=N/C1=C\c1ccccc1Br. The van der Waals surface area contributed by atoms with Gasteiger partial charge in [-0.05, 0) is 35.4 Å². The van der Waals surface area contributed by atoms with Crippen molar-refractivity contribution in [2.75, 3.05) is 0 Å². The summed E-state index contributed by atoms with van der Waals surface area (Å²) >= 11 is 3.42. The van der Waals surface area contributed by atoms with Crippen LogP contribution in [0, 0.1) is 5.82 Å². The molecule has 3 nitrogen and oxygen atoms in total. The van der Waals surface area contributed by atoms with Crippen molar-refractivity contribution in [1.82, 2.24) is 0 Å². The molecule has 0 spiro atoms. The number of aliphatic imine (C=N–C) groups is 1. The number of hydrogen-bond acceptors (Lipinski definition) is 3. The molecule has 0 aliphatic carbocycles. The van der Waals surface area contributed by atoms with Crippen LogP contribution in [0.4, 0.5) is 4.39 Å². The minimum absolute atomic E-state index is 0.254. The number of benzene rings is 2. The zero-order valence-corrected chi connectivity index (χ0v) is 13.0. The fourth-order valence-electron chi connectivity index (χ4n) is 2.05. The summed E-state index contributed by atoms with van der Waals surface area (Å²) in [6, 6.07) is 13.5. The molecule has 1 aliphatic heterocycles. The zero-order chi connectivity index (χ0) is 15.5. The highest BCUT2D eigenvalue weighted by molar-refractivity contribution is 9.10. The van der Waals surface area contributed by atoms with Crippen LogP contribution < -0.4 is 0 Å². The van der Waals surface area contributed by atoms with E-state index in [-0.39, 0.29) is 11.5 Å². The number of esters is 1. The van der Waals surface area contributed by atoms with E-state index in [4.69, 9.17) is 4.74 Å². The highest BCUT2D eigenvalue weighted by atomic mass is 79.9. The lowest BCUT2D eigenvalue weighted by atomic mass is 10.1. The Hall–Kier alpha value is -2.27. The molecule has 1 heterocycles. The molecule has 1 aliphatic rings. The molecule has 3 rings (SSSR count). The normalized spacial score (nSPS) is 15.8. The number of hydrogen-bond donors (Lipinski definition) is 0. The summed E-state index contributed by atoms with van der Waals surface area (Å²) in [4.78, 5) is 16.1. The molecule has 0 atom stereocenters. The number of carbonyl (C=O) groups is 1. The van der Waals surface area contributed by atoms with Gasteiger partial charge in [0.15, 0.2) is 5.70 Å². The Bertz CT molecular complexity index is 782. The molecular weight excluding hydrogens is 349 g/mol. The van der Waals surface area contributed by atoms with Crippen molar-refractivity contribution in [3.05, 3.63) is 75.6 Å². The number of nitrogens with zero attached hydrogens (tertiary/aromatic N) is 1.